The minimum atomic E-state index is -0.639. The zero-order valence-corrected chi connectivity index (χ0v) is 15.3. The van der Waals surface area contributed by atoms with Crippen LogP contribution in [0.25, 0.3) is 0 Å². The third-order valence-electron chi connectivity index (χ3n) is 3.69. The highest BCUT2D eigenvalue weighted by Gasteiger charge is 2.32. The van der Waals surface area contributed by atoms with Gasteiger partial charge >= 0.3 is 12.0 Å². The molecule has 0 saturated carbocycles. The van der Waals surface area contributed by atoms with Crippen molar-refractivity contribution < 1.29 is 14.3 Å². The summed E-state index contributed by atoms with van der Waals surface area (Å²) >= 11 is 12.0. The van der Waals surface area contributed by atoms with Crippen LogP contribution < -0.4 is 10.6 Å². The van der Waals surface area contributed by atoms with Gasteiger partial charge in [0.1, 0.15) is 0 Å². The van der Waals surface area contributed by atoms with Gasteiger partial charge in [-0.05, 0) is 37.0 Å². The zero-order valence-electron chi connectivity index (χ0n) is 13.8. The number of ether oxygens (including phenoxy) is 1. The summed E-state index contributed by atoms with van der Waals surface area (Å²) < 4.78 is 5.36. The van der Waals surface area contributed by atoms with E-state index in [9.17, 15) is 9.59 Å². The molecule has 1 heterocycles. The van der Waals surface area contributed by atoms with E-state index in [1.807, 2.05) is 0 Å². The molecule has 0 radical (unpaired) electrons. The summed E-state index contributed by atoms with van der Waals surface area (Å²) in [5.41, 5.74) is 1.48. The van der Waals surface area contributed by atoms with E-state index < -0.39 is 12.0 Å². The summed E-state index contributed by atoms with van der Waals surface area (Å²) in [6, 6.07) is 3.96. The van der Waals surface area contributed by atoms with E-state index in [0.29, 0.717) is 39.4 Å². The van der Waals surface area contributed by atoms with Gasteiger partial charge in [-0.1, -0.05) is 43.1 Å². The van der Waals surface area contributed by atoms with Crippen LogP contribution in [0.3, 0.4) is 0 Å². The van der Waals surface area contributed by atoms with Gasteiger partial charge in [-0.25, -0.2) is 9.59 Å². The smallest absolute Gasteiger partial charge is 0.338 e. The fourth-order valence-corrected chi connectivity index (χ4v) is 2.68. The second kappa shape index (κ2) is 7.90. The summed E-state index contributed by atoms with van der Waals surface area (Å²) in [5.74, 6) is -0.0281. The minimum Gasteiger partial charge on any atom is -0.462 e. The number of urea groups is 1. The average molecular weight is 371 g/mol. The second-order valence-corrected chi connectivity index (χ2v) is 6.88. The molecule has 1 aliphatic rings. The van der Waals surface area contributed by atoms with E-state index in [-0.39, 0.29) is 6.03 Å². The Hall–Kier alpha value is -1.72. The van der Waals surface area contributed by atoms with Crippen molar-refractivity contribution in [3.05, 3.63) is 45.1 Å². The fraction of sp³-hybridized carbons (Fsp3) is 0.412. The van der Waals surface area contributed by atoms with Gasteiger partial charge in [0.05, 0.1) is 28.3 Å². The van der Waals surface area contributed by atoms with Crippen LogP contribution in [0.2, 0.25) is 10.0 Å². The number of nitrogens with one attached hydrogen (secondary N) is 2. The maximum atomic E-state index is 12.5. The fourth-order valence-electron chi connectivity index (χ4n) is 2.37. The highest BCUT2D eigenvalue weighted by molar-refractivity contribution is 6.42. The number of halogens is 2. The first-order valence-corrected chi connectivity index (χ1v) is 8.45. The molecule has 2 amide bonds. The van der Waals surface area contributed by atoms with Gasteiger partial charge in [0, 0.05) is 5.70 Å². The number of benzene rings is 1. The first kappa shape index (κ1) is 18.6. The SMILES string of the molecule is CC1=C(C(=O)OCCC(C)C)[C@H](c2ccc(Cl)c(Cl)c2)NC(=O)N1. The maximum Gasteiger partial charge on any atom is 0.338 e. The van der Waals surface area contributed by atoms with E-state index in [1.165, 1.54) is 0 Å². The molecule has 0 spiro atoms. The highest BCUT2D eigenvalue weighted by Crippen LogP contribution is 2.31. The predicted octanol–water partition coefficient (Wildman–Crippen LogP) is 4.21. The van der Waals surface area contributed by atoms with Crippen LogP contribution in [0.4, 0.5) is 4.79 Å². The highest BCUT2D eigenvalue weighted by atomic mass is 35.5. The van der Waals surface area contributed by atoms with Gasteiger partial charge in [0.25, 0.3) is 0 Å². The Labute approximate surface area is 151 Å². The molecule has 0 unspecified atom stereocenters. The summed E-state index contributed by atoms with van der Waals surface area (Å²) in [4.78, 5) is 24.3. The molecule has 1 aliphatic heterocycles. The molecular weight excluding hydrogens is 351 g/mol. The van der Waals surface area contributed by atoms with Gasteiger partial charge < -0.3 is 15.4 Å². The lowest BCUT2D eigenvalue weighted by atomic mass is 9.95. The molecule has 24 heavy (non-hydrogen) atoms. The molecule has 0 aromatic heterocycles. The summed E-state index contributed by atoms with van der Waals surface area (Å²) in [7, 11) is 0. The third-order valence-corrected chi connectivity index (χ3v) is 4.43. The number of carbonyl (C=O) groups is 2. The van der Waals surface area contributed by atoms with Crippen LogP contribution in [0.15, 0.2) is 29.5 Å². The van der Waals surface area contributed by atoms with E-state index in [2.05, 4.69) is 24.5 Å². The van der Waals surface area contributed by atoms with Crippen molar-refractivity contribution in [1.82, 2.24) is 10.6 Å². The molecule has 1 aromatic carbocycles. The van der Waals surface area contributed by atoms with Gasteiger partial charge in [-0.3, -0.25) is 0 Å². The third kappa shape index (κ3) is 4.42. The molecule has 130 valence electrons. The Bertz CT molecular complexity index is 686. The molecule has 7 heteroatoms. The Morgan fingerprint density at radius 1 is 1.29 bits per heavy atom. The number of rotatable bonds is 5. The van der Waals surface area contributed by atoms with Crippen molar-refractivity contribution in [1.29, 1.82) is 0 Å². The van der Waals surface area contributed by atoms with E-state index in [0.717, 1.165) is 6.42 Å². The van der Waals surface area contributed by atoms with Crippen LogP contribution in [0.5, 0.6) is 0 Å². The van der Waals surface area contributed by atoms with Crippen molar-refractivity contribution in [2.24, 2.45) is 5.92 Å². The van der Waals surface area contributed by atoms with Crippen LogP contribution in [0, 0.1) is 5.92 Å². The van der Waals surface area contributed by atoms with Crippen LogP contribution in [0.1, 0.15) is 38.8 Å². The Balaban J connectivity index is 2.29. The van der Waals surface area contributed by atoms with E-state index >= 15 is 0 Å². The number of hydrogen-bond donors (Lipinski definition) is 2. The topological polar surface area (TPSA) is 67.4 Å². The Morgan fingerprint density at radius 2 is 2.00 bits per heavy atom. The number of esters is 1. The normalized spacial score (nSPS) is 17.6. The second-order valence-electron chi connectivity index (χ2n) is 6.06. The summed E-state index contributed by atoms with van der Waals surface area (Å²) in [6.45, 7) is 6.11. The first-order valence-electron chi connectivity index (χ1n) is 7.70. The molecule has 0 bridgehead atoms. The molecule has 5 nitrogen and oxygen atoms in total. The maximum absolute atomic E-state index is 12.5. The van der Waals surface area contributed by atoms with E-state index in [4.69, 9.17) is 27.9 Å². The largest absolute Gasteiger partial charge is 0.462 e. The first-order chi connectivity index (χ1) is 11.3. The van der Waals surface area contributed by atoms with Crippen molar-refractivity contribution in [3.8, 4) is 0 Å². The average Bonchev–Trinajstić information content (AvgIpc) is 2.48. The van der Waals surface area contributed by atoms with Crippen molar-refractivity contribution in [2.45, 2.75) is 33.2 Å². The van der Waals surface area contributed by atoms with Gasteiger partial charge in [-0.15, -0.1) is 0 Å². The molecule has 1 atom stereocenters. The van der Waals surface area contributed by atoms with Crippen molar-refractivity contribution in [2.75, 3.05) is 6.61 Å². The number of allylic oxidation sites excluding steroid dienone is 1. The Kier molecular flexibility index (Phi) is 6.13. The monoisotopic (exact) mass is 370 g/mol. The quantitative estimate of drug-likeness (QED) is 0.762. The number of carbonyl (C=O) groups excluding carboxylic acids is 2. The van der Waals surface area contributed by atoms with Gasteiger partial charge in [0.15, 0.2) is 0 Å². The van der Waals surface area contributed by atoms with E-state index in [1.54, 1.807) is 25.1 Å². The van der Waals surface area contributed by atoms with Crippen LogP contribution in [-0.4, -0.2) is 18.6 Å². The van der Waals surface area contributed by atoms with Gasteiger partial charge in [-0.2, -0.15) is 0 Å². The minimum absolute atomic E-state index is 0.329. The molecular formula is C17H20Cl2N2O3. The molecule has 0 fully saturated rings. The molecule has 1 aromatic rings. The number of hydrogen-bond acceptors (Lipinski definition) is 3. The standard InChI is InChI=1S/C17H20Cl2N2O3/c1-9(2)6-7-24-16(22)14-10(3)20-17(23)21-15(14)11-4-5-12(18)13(19)8-11/h4-5,8-9,15H,6-7H2,1-3H3,(H2,20,21,23)/t15-/m0/s1. The lowest BCUT2D eigenvalue weighted by Gasteiger charge is -2.28. The van der Waals surface area contributed by atoms with Crippen LogP contribution in [-0.2, 0) is 9.53 Å². The Morgan fingerprint density at radius 3 is 2.62 bits per heavy atom. The lowest BCUT2D eigenvalue weighted by molar-refractivity contribution is -0.139. The molecule has 2 N–H and O–H groups in total. The van der Waals surface area contributed by atoms with Crippen molar-refractivity contribution in [3.63, 3.8) is 0 Å². The summed E-state index contributed by atoms with van der Waals surface area (Å²) in [5, 5.41) is 6.09. The molecule has 0 aliphatic carbocycles. The predicted molar refractivity (Wildman–Crippen MR) is 94.0 cm³/mol. The zero-order chi connectivity index (χ0) is 17.9. The van der Waals surface area contributed by atoms with Gasteiger partial charge in [0.2, 0.25) is 0 Å². The summed E-state index contributed by atoms with van der Waals surface area (Å²) in [6.07, 6.45) is 0.773. The van der Waals surface area contributed by atoms with Crippen LogP contribution >= 0.6 is 23.2 Å². The molecule has 2 rings (SSSR count). The van der Waals surface area contributed by atoms with Crippen molar-refractivity contribution >= 4 is 35.2 Å². The molecule has 0 saturated heterocycles. The lowest BCUT2D eigenvalue weighted by Crippen LogP contribution is -2.45. The number of amides is 2.